The Kier molecular flexibility index (Phi) is 5.79. The van der Waals surface area contributed by atoms with Gasteiger partial charge in [-0.1, -0.05) is 41.4 Å². The second-order valence-corrected chi connectivity index (χ2v) is 7.86. The van der Waals surface area contributed by atoms with E-state index < -0.39 is 0 Å². The molecular formula is C22H20Cl2N4O2. The van der Waals surface area contributed by atoms with Crippen molar-refractivity contribution in [3.63, 3.8) is 0 Å². The molecule has 1 saturated heterocycles. The summed E-state index contributed by atoms with van der Waals surface area (Å²) in [5.41, 5.74) is 1.20. The van der Waals surface area contributed by atoms with Crippen molar-refractivity contribution in [1.29, 1.82) is 0 Å². The average molecular weight is 443 g/mol. The van der Waals surface area contributed by atoms with Gasteiger partial charge in [-0.25, -0.2) is 4.98 Å². The maximum absolute atomic E-state index is 13.2. The molecule has 2 aromatic rings. The molecule has 8 heteroatoms. The number of piperazine rings is 1. The molecule has 1 fully saturated rings. The Balaban J connectivity index is 1.68. The van der Waals surface area contributed by atoms with Crippen LogP contribution in [0.15, 0.2) is 60.9 Å². The molecule has 0 radical (unpaired) electrons. The Morgan fingerprint density at radius 3 is 2.37 bits per heavy atom. The fourth-order valence-electron chi connectivity index (χ4n) is 3.79. The van der Waals surface area contributed by atoms with Crippen molar-refractivity contribution in [3.05, 3.63) is 76.6 Å². The van der Waals surface area contributed by atoms with Gasteiger partial charge in [0.05, 0.1) is 10.6 Å². The van der Waals surface area contributed by atoms with E-state index in [0.717, 1.165) is 5.82 Å². The minimum atomic E-state index is -0.369. The van der Waals surface area contributed by atoms with Gasteiger partial charge in [0, 0.05) is 49.5 Å². The topological polar surface area (TPSA) is 56.8 Å². The van der Waals surface area contributed by atoms with Crippen LogP contribution in [0.2, 0.25) is 10.0 Å². The largest absolute Gasteiger partial charge is 0.363 e. The molecule has 0 aliphatic carbocycles. The van der Waals surface area contributed by atoms with Crippen LogP contribution in [0, 0.1) is 0 Å². The van der Waals surface area contributed by atoms with Gasteiger partial charge in [0.1, 0.15) is 11.5 Å². The molecule has 1 aromatic carbocycles. The molecule has 0 atom stereocenters. The Morgan fingerprint density at radius 1 is 1.00 bits per heavy atom. The van der Waals surface area contributed by atoms with Gasteiger partial charge in [-0.3, -0.25) is 14.5 Å². The standard InChI is InChI=1S/C22H20Cl2N4O2/c1-2-9-28-21(29)19(16-7-6-15(23)14-17(16)24)20(22(28)30)27-12-10-26(11-13-27)18-5-3-4-8-25-18/h2-8,14H,1,9-13H2. The molecule has 0 bridgehead atoms. The van der Waals surface area contributed by atoms with E-state index in [1.165, 1.54) is 4.90 Å². The summed E-state index contributed by atoms with van der Waals surface area (Å²) in [5, 5.41) is 0.804. The Bertz CT molecular complexity index is 1030. The number of benzene rings is 1. The fourth-order valence-corrected chi connectivity index (χ4v) is 4.29. The Morgan fingerprint density at radius 2 is 1.73 bits per heavy atom. The van der Waals surface area contributed by atoms with Crippen LogP contribution in [0.4, 0.5) is 5.82 Å². The van der Waals surface area contributed by atoms with Crippen LogP contribution < -0.4 is 4.90 Å². The number of carbonyl (C=O) groups is 2. The van der Waals surface area contributed by atoms with Gasteiger partial charge in [-0.15, -0.1) is 6.58 Å². The summed E-state index contributed by atoms with van der Waals surface area (Å²) >= 11 is 12.4. The van der Waals surface area contributed by atoms with Crippen LogP contribution in [0.3, 0.4) is 0 Å². The van der Waals surface area contributed by atoms with Crippen LogP contribution in [0.25, 0.3) is 5.57 Å². The van der Waals surface area contributed by atoms with Crippen molar-refractivity contribution in [3.8, 4) is 0 Å². The molecule has 0 unspecified atom stereocenters. The van der Waals surface area contributed by atoms with E-state index in [1.54, 1.807) is 30.5 Å². The highest BCUT2D eigenvalue weighted by molar-refractivity contribution is 6.41. The van der Waals surface area contributed by atoms with E-state index in [4.69, 9.17) is 23.2 Å². The molecule has 0 spiro atoms. The molecule has 154 valence electrons. The number of hydrogen-bond donors (Lipinski definition) is 0. The number of rotatable bonds is 5. The molecule has 4 rings (SSSR count). The number of hydrogen-bond acceptors (Lipinski definition) is 5. The number of anilines is 1. The van der Waals surface area contributed by atoms with Gasteiger partial charge < -0.3 is 9.80 Å². The monoisotopic (exact) mass is 442 g/mol. The minimum Gasteiger partial charge on any atom is -0.363 e. The summed E-state index contributed by atoms with van der Waals surface area (Å²) in [6.07, 6.45) is 3.30. The van der Waals surface area contributed by atoms with Crippen LogP contribution in [0.5, 0.6) is 0 Å². The number of pyridine rings is 1. The maximum Gasteiger partial charge on any atom is 0.278 e. The fraction of sp³-hybridized carbons (Fsp3) is 0.227. The highest BCUT2D eigenvalue weighted by Gasteiger charge is 2.42. The Labute approximate surface area is 185 Å². The number of amides is 2. The van der Waals surface area contributed by atoms with Gasteiger partial charge in [0.15, 0.2) is 0 Å². The molecule has 30 heavy (non-hydrogen) atoms. The van der Waals surface area contributed by atoms with E-state index in [1.807, 2.05) is 23.1 Å². The lowest BCUT2D eigenvalue weighted by molar-refractivity contribution is -0.136. The minimum absolute atomic E-state index is 0.143. The lowest BCUT2D eigenvalue weighted by Crippen LogP contribution is -2.47. The molecule has 6 nitrogen and oxygen atoms in total. The van der Waals surface area contributed by atoms with E-state index in [-0.39, 0.29) is 18.4 Å². The quantitative estimate of drug-likeness (QED) is 0.523. The first-order chi connectivity index (χ1) is 14.5. The number of aromatic nitrogens is 1. The summed E-state index contributed by atoms with van der Waals surface area (Å²) in [6.45, 7) is 6.35. The third kappa shape index (κ3) is 3.68. The third-order valence-corrected chi connectivity index (χ3v) is 5.77. The zero-order valence-electron chi connectivity index (χ0n) is 16.2. The van der Waals surface area contributed by atoms with E-state index in [2.05, 4.69) is 16.5 Å². The first-order valence-corrected chi connectivity index (χ1v) is 10.3. The summed E-state index contributed by atoms with van der Waals surface area (Å²) in [7, 11) is 0. The molecule has 3 heterocycles. The SMILES string of the molecule is C=CCN1C(=O)C(c2ccc(Cl)cc2Cl)=C(N2CCN(c3ccccn3)CC2)C1=O. The maximum atomic E-state index is 13.2. The summed E-state index contributed by atoms with van der Waals surface area (Å²) in [4.78, 5) is 36.0. The molecule has 1 aromatic heterocycles. The zero-order chi connectivity index (χ0) is 21.3. The van der Waals surface area contributed by atoms with Crippen LogP contribution in [-0.2, 0) is 9.59 Å². The summed E-state index contributed by atoms with van der Waals surface area (Å²) in [5.74, 6) is 0.202. The number of imide groups is 1. The highest BCUT2D eigenvalue weighted by atomic mass is 35.5. The van der Waals surface area contributed by atoms with E-state index in [0.29, 0.717) is 53.1 Å². The molecule has 2 aliphatic rings. The summed E-state index contributed by atoms with van der Waals surface area (Å²) in [6, 6.07) is 10.7. The zero-order valence-corrected chi connectivity index (χ0v) is 17.7. The number of carbonyl (C=O) groups excluding carboxylic acids is 2. The predicted molar refractivity (Wildman–Crippen MR) is 118 cm³/mol. The second kappa shape index (κ2) is 8.50. The van der Waals surface area contributed by atoms with Gasteiger partial charge >= 0.3 is 0 Å². The van der Waals surface area contributed by atoms with Crippen molar-refractivity contribution in [2.24, 2.45) is 0 Å². The normalized spacial score (nSPS) is 17.2. The summed E-state index contributed by atoms with van der Waals surface area (Å²) < 4.78 is 0. The van der Waals surface area contributed by atoms with Crippen LogP contribution in [-0.4, -0.2) is 59.3 Å². The predicted octanol–water partition coefficient (Wildman–Crippen LogP) is 3.48. The second-order valence-electron chi connectivity index (χ2n) is 7.02. The number of halogens is 2. The molecule has 0 N–H and O–H groups in total. The van der Waals surface area contributed by atoms with E-state index >= 15 is 0 Å². The van der Waals surface area contributed by atoms with Crippen molar-refractivity contribution in [2.45, 2.75) is 0 Å². The first kappa shape index (κ1) is 20.4. The lowest BCUT2D eigenvalue weighted by atomic mass is 10.0. The van der Waals surface area contributed by atoms with Crippen LogP contribution in [0.1, 0.15) is 5.56 Å². The van der Waals surface area contributed by atoms with Gasteiger partial charge in [0.2, 0.25) is 0 Å². The number of nitrogens with zero attached hydrogens (tertiary/aromatic N) is 4. The molecule has 2 aliphatic heterocycles. The van der Waals surface area contributed by atoms with Gasteiger partial charge in [-0.2, -0.15) is 0 Å². The van der Waals surface area contributed by atoms with Crippen molar-refractivity contribution in [2.75, 3.05) is 37.6 Å². The highest BCUT2D eigenvalue weighted by Crippen LogP contribution is 2.36. The van der Waals surface area contributed by atoms with Crippen molar-refractivity contribution in [1.82, 2.24) is 14.8 Å². The van der Waals surface area contributed by atoms with E-state index in [9.17, 15) is 9.59 Å². The Hall–Kier alpha value is -2.83. The van der Waals surface area contributed by atoms with Crippen molar-refractivity contribution >= 4 is 46.4 Å². The van der Waals surface area contributed by atoms with Gasteiger partial charge in [-0.05, 0) is 24.3 Å². The van der Waals surface area contributed by atoms with Gasteiger partial charge in [0.25, 0.3) is 11.8 Å². The molecule has 0 saturated carbocycles. The smallest absolute Gasteiger partial charge is 0.278 e. The van der Waals surface area contributed by atoms with Crippen molar-refractivity contribution < 1.29 is 9.59 Å². The molecular weight excluding hydrogens is 423 g/mol. The first-order valence-electron chi connectivity index (χ1n) is 9.59. The molecule has 2 amide bonds. The average Bonchev–Trinajstić information content (AvgIpc) is 2.99. The third-order valence-electron chi connectivity index (χ3n) is 5.22. The van der Waals surface area contributed by atoms with Crippen LogP contribution >= 0.6 is 23.2 Å². The lowest BCUT2D eigenvalue weighted by Gasteiger charge is -2.37.